The molecule has 1 aliphatic heterocycles. The van der Waals surface area contributed by atoms with Crippen molar-refractivity contribution in [2.75, 3.05) is 26.2 Å². The number of likely N-dealkylation sites (tertiary alicyclic amines) is 1. The van der Waals surface area contributed by atoms with E-state index >= 15 is 0 Å². The SMILES string of the molecule is O=c1ccc2c([nH]1)CCCC2NCCN1CCCCC1. The molecular formula is C16H25N3O. The first-order valence-electron chi connectivity index (χ1n) is 8.01. The molecule has 0 amide bonds. The molecule has 0 radical (unpaired) electrons. The first-order chi connectivity index (χ1) is 9.83. The number of aromatic amines is 1. The quantitative estimate of drug-likeness (QED) is 0.881. The van der Waals surface area contributed by atoms with Crippen molar-refractivity contribution in [1.82, 2.24) is 15.2 Å². The van der Waals surface area contributed by atoms with Crippen LogP contribution in [0.3, 0.4) is 0 Å². The summed E-state index contributed by atoms with van der Waals surface area (Å²) in [6, 6.07) is 4.08. The number of hydrogen-bond donors (Lipinski definition) is 2. The summed E-state index contributed by atoms with van der Waals surface area (Å²) in [6.45, 7) is 4.71. The van der Waals surface area contributed by atoms with E-state index in [-0.39, 0.29) is 5.56 Å². The Bertz CT molecular complexity index is 491. The maximum Gasteiger partial charge on any atom is 0.248 e. The predicted octanol–water partition coefficient (Wildman–Crippen LogP) is 1.83. The Morgan fingerprint density at radius 2 is 2.05 bits per heavy atom. The minimum atomic E-state index is 0.0257. The molecule has 4 heteroatoms. The van der Waals surface area contributed by atoms with Gasteiger partial charge in [-0.15, -0.1) is 0 Å². The van der Waals surface area contributed by atoms with E-state index in [1.165, 1.54) is 44.3 Å². The van der Waals surface area contributed by atoms with Gasteiger partial charge in [-0.05, 0) is 50.8 Å². The Kier molecular flexibility index (Phi) is 4.53. The summed E-state index contributed by atoms with van der Waals surface area (Å²) in [5, 5.41) is 3.68. The lowest BCUT2D eigenvalue weighted by Gasteiger charge is -2.29. The second kappa shape index (κ2) is 6.55. The Balaban J connectivity index is 1.55. The van der Waals surface area contributed by atoms with Crippen LogP contribution in [0.25, 0.3) is 0 Å². The number of piperidine rings is 1. The smallest absolute Gasteiger partial charge is 0.248 e. The molecule has 3 rings (SSSR count). The van der Waals surface area contributed by atoms with Crippen molar-refractivity contribution in [1.29, 1.82) is 0 Å². The van der Waals surface area contributed by atoms with Gasteiger partial charge in [-0.25, -0.2) is 0 Å². The average molecular weight is 275 g/mol. The third-order valence-corrected chi connectivity index (χ3v) is 4.60. The molecule has 1 unspecified atom stereocenters. The largest absolute Gasteiger partial charge is 0.326 e. The number of nitrogens with one attached hydrogen (secondary N) is 2. The lowest BCUT2D eigenvalue weighted by molar-refractivity contribution is 0.225. The number of fused-ring (bicyclic) bond motifs is 1. The van der Waals surface area contributed by atoms with Gasteiger partial charge in [-0.3, -0.25) is 4.79 Å². The molecule has 0 saturated carbocycles. The Morgan fingerprint density at radius 3 is 2.90 bits per heavy atom. The summed E-state index contributed by atoms with van der Waals surface area (Å²) >= 11 is 0. The molecule has 20 heavy (non-hydrogen) atoms. The van der Waals surface area contributed by atoms with Crippen LogP contribution in [0.2, 0.25) is 0 Å². The number of pyridine rings is 1. The van der Waals surface area contributed by atoms with Gasteiger partial charge in [0.15, 0.2) is 0 Å². The minimum absolute atomic E-state index is 0.0257. The molecule has 110 valence electrons. The van der Waals surface area contributed by atoms with Gasteiger partial charge >= 0.3 is 0 Å². The van der Waals surface area contributed by atoms with Crippen molar-refractivity contribution >= 4 is 0 Å². The fourth-order valence-corrected chi connectivity index (χ4v) is 3.49. The van der Waals surface area contributed by atoms with Crippen LogP contribution in [0.5, 0.6) is 0 Å². The fraction of sp³-hybridized carbons (Fsp3) is 0.688. The second-order valence-corrected chi connectivity index (χ2v) is 6.06. The summed E-state index contributed by atoms with van der Waals surface area (Å²) in [6.07, 6.45) is 7.46. The number of hydrogen-bond acceptors (Lipinski definition) is 3. The van der Waals surface area contributed by atoms with E-state index in [1.54, 1.807) is 6.07 Å². The first kappa shape index (κ1) is 13.8. The number of rotatable bonds is 4. The third-order valence-electron chi connectivity index (χ3n) is 4.60. The maximum absolute atomic E-state index is 11.4. The van der Waals surface area contributed by atoms with Crippen LogP contribution in [-0.4, -0.2) is 36.1 Å². The molecule has 0 bridgehead atoms. The lowest BCUT2D eigenvalue weighted by Crippen LogP contribution is -2.37. The van der Waals surface area contributed by atoms with E-state index in [9.17, 15) is 4.79 Å². The average Bonchev–Trinajstić information content (AvgIpc) is 2.48. The first-order valence-corrected chi connectivity index (χ1v) is 8.01. The van der Waals surface area contributed by atoms with Crippen molar-refractivity contribution in [3.63, 3.8) is 0 Å². The normalized spacial score (nSPS) is 23.5. The molecule has 2 N–H and O–H groups in total. The molecule has 1 aliphatic carbocycles. The van der Waals surface area contributed by atoms with Gasteiger partial charge in [-0.2, -0.15) is 0 Å². The van der Waals surface area contributed by atoms with Crippen LogP contribution in [0.15, 0.2) is 16.9 Å². The zero-order valence-electron chi connectivity index (χ0n) is 12.2. The number of aryl methyl sites for hydroxylation is 1. The highest BCUT2D eigenvalue weighted by Crippen LogP contribution is 2.27. The number of H-pyrrole nitrogens is 1. The monoisotopic (exact) mass is 275 g/mol. The molecule has 1 atom stereocenters. The van der Waals surface area contributed by atoms with Crippen LogP contribution in [0.1, 0.15) is 49.4 Å². The molecule has 0 spiro atoms. The molecule has 4 nitrogen and oxygen atoms in total. The Hall–Kier alpha value is -1.13. The van der Waals surface area contributed by atoms with Gasteiger partial charge in [0.1, 0.15) is 0 Å². The van der Waals surface area contributed by atoms with Crippen molar-refractivity contribution < 1.29 is 0 Å². The zero-order chi connectivity index (χ0) is 13.8. The Labute approximate surface area is 120 Å². The highest BCUT2D eigenvalue weighted by atomic mass is 16.1. The highest BCUT2D eigenvalue weighted by molar-refractivity contribution is 5.26. The fourth-order valence-electron chi connectivity index (χ4n) is 3.49. The van der Waals surface area contributed by atoms with Gasteiger partial charge in [-0.1, -0.05) is 12.5 Å². The maximum atomic E-state index is 11.4. The van der Waals surface area contributed by atoms with Crippen LogP contribution in [0, 0.1) is 0 Å². The number of aromatic nitrogens is 1. The summed E-state index contributed by atoms with van der Waals surface area (Å²) < 4.78 is 0. The van der Waals surface area contributed by atoms with E-state index in [0.29, 0.717) is 6.04 Å². The van der Waals surface area contributed by atoms with E-state index < -0.39 is 0 Å². The predicted molar refractivity (Wildman–Crippen MR) is 81.0 cm³/mol. The minimum Gasteiger partial charge on any atom is -0.326 e. The summed E-state index contributed by atoms with van der Waals surface area (Å²) in [5.74, 6) is 0. The molecule has 1 aromatic rings. The zero-order valence-corrected chi connectivity index (χ0v) is 12.2. The Morgan fingerprint density at radius 1 is 1.20 bits per heavy atom. The van der Waals surface area contributed by atoms with Crippen molar-refractivity contribution in [2.45, 2.75) is 44.6 Å². The van der Waals surface area contributed by atoms with Crippen LogP contribution in [0.4, 0.5) is 0 Å². The van der Waals surface area contributed by atoms with E-state index in [1.807, 2.05) is 6.07 Å². The standard InChI is InChI=1S/C16H25N3O/c20-16-8-7-13-14(5-4-6-15(13)18-16)17-9-12-19-10-2-1-3-11-19/h7-8,14,17H,1-6,9-12H2,(H,18,20). The van der Waals surface area contributed by atoms with E-state index in [4.69, 9.17) is 0 Å². The second-order valence-electron chi connectivity index (χ2n) is 6.06. The molecule has 1 saturated heterocycles. The highest BCUT2D eigenvalue weighted by Gasteiger charge is 2.20. The van der Waals surface area contributed by atoms with Gasteiger partial charge in [0.25, 0.3) is 0 Å². The van der Waals surface area contributed by atoms with Gasteiger partial charge in [0, 0.05) is 30.9 Å². The molecule has 2 aliphatic rings. The van der Waals surface area contributed by atoms with E-state index in [2.05, 4.69) is 15.2 Å². The van der Waals surface area contributed by atoms with Gasteiger partial charge in [0.05, 0.1) is 0 Å². The van der Waals surface area contributed by atoms with Crippen LogP contribution in [-0.2, 0) is 6.42 Å². The molecule has 0 aromatic carbocycles. The summed E-state index contributed by atoms with van der Waals surface area (Å²) in [5.41, 5.74) is 2.46. The van der Waals surface area contributed by atoms with Crippen molar-refractivity contribution in [2.24, 2.45) is 0 Å². The summed E-state index contributed by atoms with van der Waals surface area (Å²) in [4.78, 5) is 16.9. The van der Waals surface area contributed by atoms with Crippen LogP contribution < -0.4 is 10.9 Å². The molecular weight excluding hydrogens is 250 g/mol. The van der Waals surface area contributed by atoms with Crippen molar-refractivity contribution in [3.8, 4) is 0 Å². The number of nitrogens with zero attached hydrogens (tertiary/aromatic N) is 1. The van der Waals surface area contributed by atoms with Gasteiger partial charge < -0.3 is 15.2 Å². The third kappa shape index (κ3) is 3.30. The lowest BCUT2D eigenvalue weighted by atomic mass is 9.91. The summed E-state index contributed by atoms with van der Waals surface area (Å²) in [7, 11) is 0. The van der Waals surface area contributed by atoms with Gasteiger partial charge in [0.2, 0.25) is 5.56 Å². The topological polar surface area (TPSA) is 48.1 Å². The molecule has 2 heterocycles. The molecule has 1 fully saturated rings. The molecule has 1 aromatic heterocycles. The van der Waals surface area contributed by atoms with Crippen molar-refractivity contribution in [3.05, 3.63) is 33.7 Å². The van der Waals surface area contributed by atoms with Crippen LogP contribution >= 0.6 is 0 Å². The van der Waals surface area contributed by atoms with E-state index in [0.717, 1.165) is 31.6 Å².